The molecule has 7 nitrogen and oxygen atoms in total. The number of nitrogens with zero attached hydrogens (tertiary/aromatic N) is 4. The molecule has 1 aromatic heterocycles. The molecule has 2 heterocycles. The number of benzene rings is 1. The Morgan fingerprint density at radius 2 is 2.26 bits per heavy atom. The highest BCUT2D eigenvalue weighted by molar-refractivity contribution is 5.94. The van der Waals surface area contributed by atoms with Crippen LogP contribution in [-0.4, -0.2) is 39.6 Å². The van der Waals surface area contributed by atoms with Crippen molar-refractivity contribution in [2.45, 2.75) is 6.54 Å². The fraction of sp³-hybridized carbons (Fsp3) is 0.250. The van der Waals surface area contributed by atoms with E-state index in [-0.39, 0.29) is 0 Å². The molecular formula is C12H13N5O2. The Balaban J connectivity index is 2.20. The fourth-order valence-corrected chi connectivity index (χ4v) is 2.35. The summed E-state index contributed by atoms with van der Waals surface area (Å²) in [4.78, 5) is 12.9. The normalized spacial score (nSPS) is 13.4. The van der Waals surface area contributed by atoms with Gasteiger partial charge in [-0.3, -0.25) is 5.32 Å². The third-order valence-corrected chi connectivity index (χ3v) is 3.19. The van der Waals surface area contributed by atoms with Crippen LogP contribution in [0.3, 0.4) is 0 Å². The average molecular weight is 259 g/mol. The lowest BCUT2D eigenvalue weighted by atomic mass is 10.1. The van der Waals surface area contributed by atoms with Crippen molar-refractivity contribution < 1.29 is 9.90 Å². The topological polar surface area (TPSA) is 83.3 Å². The third-order valence-electron chi connectivity index (χ3n) is 3.19. The lowest BCUT2D eigenvalue weighted by Gasteiger charge is -2.21. The Kier molecular flexibility index (Phi) is 2.59. The van der Waals surface area contributed by atoms with Gasteiger partial charge in [-0.25, -0.2) is 4.79 Å². The largest absolute Gasteiger partial charge is 0.465 e. The molecule has 3 rings (SSSR count). The zero-order chi connectivity index (χ0) is 13.4. The second kappa shape index (κ2) is 4.27. The zero-order valence-electron chi connectivity index (χ0n) is 10.4. The number of nitrogens with one attached hydrogen (secondary N) is 1. The number of likely N-dealkylation sites (N-methyl/N-ethyl adjacent to an activating group) is 1. The molecule has 19 heavy (non-hydrogen) atoms. The summed E-state index contributed by atoms with van der Waals surface area (Å²) in [6.45, 7) is 1.52. The molecule has 0 saturated heterocycles. The van der Waals surface area contributed by atoms with Crippen molar-refractivity contribution in [1.29, 1.82) is 0 Å². The molecule has 1 amide bonds. The number of hydrogen-bond acceptors (Lipinski definition) is 4. The molecule has 1 aliphatic rings. The molecule has 1 aliphatic heterocycles. The summed E-state index contributed by atoms with van der Waals surface area (Å²) >= 11 is 0. The van der Waals surface area contributed by atoms with Crippen LogP contribution < -0.4 is 10.2 Å². The van der Waals surface area contributed by atoms with E-state index < -0.39 is 6.09 Å². The van der Waals surface area contributed by atoms with Crippen molar-refractivity contribution in [3.63, 3.8) is 0 Å². The Morgan fingerprint density at radius 1 is 1.42 bits per heavy atom. The quantitative estimate of drug-likeness (QED) is 0.810. The van der Waals surface area contributed by atoms with Gasteiger partial charge in [0, 0.05) is 25.7 Å². The van der Waals surface area contributed by atoms with Gasteiger partial charge < -0.3 is 14.6 Å². The van der Waals surface area contributed by atoms with Gasteiger partial charge in [-0.15, -0.1) is 10.2 Å². The molecule has 0 radical (unpaired) electrons. The number of amides is 1. The van der Waals surface area contributed by atoms with E-state index in [4.69, 9.17) is 5.11 Å². The Bertz CT molecular complexity index is 637. The van der Waals surface area contributed by atoms with Crippen molar-refractivity contribution in [3.8, 4) is 11.4 Å². The van der Waals surface area contributed by atoms with Gasteiger partial charge in [-0.05, 0) is 12.1 Å². The molecule has 0 aliphatic carbocycles. The Labute approximate surface area is 109 Å². The maximum Gasteiger partial charge on any atom is 0.409 e. The number of carbonyl (C=O) groups is 1. The number of fused-ring (bicyclic) bond motifs is 3. The standard InChI is InChI=1S/C12H13N5O2/c1-16-5-6-17-7-13-15-11(17)8-3-2-4-9(10(8)16)14-12(18)19/h2-4,7,14H,5-6H2,1H3,(H,18,19). The van der Waals surface area contributed by atoms with Crippen LogP contribution in [0.4, 0.5) is 16.2 Å². The minimum Gasteiger partial charge on any atom is -0.465 e. The first-order valence-electron chi connectivity index (χ1n) is 5.89. The highest BCUT2D eigenvalue weighted by atomic mass is 16.4. The summed E-state index contributed by atoms with van der Waals surface area (Å²) in [7, 11) is 1.94. The molecule has 0 fully saturated rings. The summed E-state index contributed by atoms with van der Waals surface area (Å²) in [5, 5.41) is 19.4. The minimum atomic E-state index is -1.08. The monoisotopic (exact) mass is 259 g/mol. The lowest BCUT2D eigenvalue weighted by Crippen LogP contribution is -2.22. The van der Waals surface area contributed by atoms with Gasteiger partial charge in [0.25, 0.3) is 0 Å². The van der Waals surface area contributed by atoms with Crippen LogP contribution in [0, 0.1) is 0 Å². The van der Waals surface area contributed by atoms with Gasteiger partial charge in [0.15, 0.2) is 5.82 Å². The van der Waals surface area contributed by atoms with E-state index in [2.05, 4.69) is 15.5 Å². The smallest absolute Gasteiger partial charge is 0.409 e. The zero-order valence-corrected chi connectivity index (χ0v) is 10.4. The second-order valence-corrected chi connectivity index (χ2v) is 4.40. The van der Waals surface area contributed by atoms with Crippen molar-refractivity contribution in [2.24, 2.45) is 0 Å². The molecule has 7 heteroatoms. The summed E-state index contributed by atoms with van der Waals surface area (Å²) in [6, 6.07) is 5.47. The molecule has 2 aromatic rings. The molecular weight excluding hydrogens is 246 g/mol. The fourth-order valence-electron chi connectivity index (χ4n) is 2.35. The summed E-state index contributed by atoms with van der Waals surface area (Å²) < 4.78 is 1.97. The molecule has 0 spiro atoms. The van der Waals surface area contributed by atoms with Crippen LogP contribution in [0.2, 0.25) is 0 Å². The van der Waals surface area contributed by atoms with Crippen molar-refractivity contribution in [3.05, 3.63) is 24.5 Å². The number of para-hydroxylation sites is 1. The van der Waals surface area contributed by atoms with Gasteiger partial charge in [0.05, 0.1) is 11.4 Å². The van der Waals surface area contributed by atoms with Crippen molar-refractivity contribution >= 4 is 17.5 Å². The van der Waals surface area contributed by atoms with Crippen molar-refractivity contribution in [1.82, 2.24) is 14.8 Å². The maximum absolute atomic E-state index is 10.9. The van der Waals surface area contributed by atoms with E-state index >= 15 is 0 Å². The third kappa shape index (κ3) is 1.88. The highest BCUT2D eigenvalue weighted by Crippen LogP contribution is 2.37. The van der Waals surface area contributed by atoms with Gasteiger partial charge in [-0.1, -0.05) is 6.07 Å². The predicted octanol–water partition coefficient (Wildman–Crippen LogP) is 1.48. The van der Waals surface area contributed by atoms with Crippen LogP contribution in [0.5, 0.6) is 0 Å². The van der Waals surface area contributed by atoms with Gasteiger partial charge >= 0.3 is 6.09 Å². The van der Waals surface area contributed by atoms with E-state index in [1.54, 1.807) is 12.4 Å². The Morgan fingerprint density at radius 3 is 3.05 bits per heavy atom. The van der Waals surface area contributed by atoms with Gasteiger partial charge in [0.2, 0.25) is 0 Å². The van der Waals surface area contributed by atoms with E-state index in [0.29, 0.717) is 5.69 Å². The first kappa shape index (κ1) is 11.5. The van der Waals surface area contributed by atoms with Crippen LogP contribution in [0.25, 0.3) is 11.4 Å². The van der Waals surface area contributed by atoms with E-state index in [0.717, 1.165) is 30.2 Å². The molecule has 1 aromatic carbocycles. The lowest BCUT2D eigenvalue weighted by molar-refractivity contribution is 0.210. The number of rotatable bonds is 1. The van der Waals surface area contributed by atoms with Gasteiger partial charge in [-0.2, -0.15) is 0 Å². The van der Waals surface area contributed by atoms with E-state index in [1.807, 2.05) is 28.6 Å². The molecule has 0 atom stereocenters. The molecule has 0 bridgehead atoms. The molecule has 0 saturated carbocycles. The minimum absolute atomic E-state index is 0.559. The predicted molar refractivity (Wildman–Crippen MR) is 70.4 cm³/mol. The first-order chi connectivity index (χ1) is 9.16. The summed E-state index contributed by atoms with van der Waals surface area (Å²) in [5.74, 6) is 0.758. The summed E-state index contributed by atoms with van der Waals surface area (Å²) in [6.07, 6.45) is 0.614. The molecule has 98 valence electrons. The average Bonchev–Trinajstić information content (AvgIpc) is 2.78. The number of anilines is 2. The van der Waals surface area contributed by atoms with Crippen molar-refractivity contribution in [2.75, 3.05) is 23.8 Å². The number of hydrogen-bond donors (Lipinski definition) is 2. The molecule has 0 unspecified atom stereocenters. The number of aromatic nitrogens is 3. The molecule has 2 N–H and O–H groups in total. The maximum atomic E-state index is 10.9. The second-order valence-electron chi connectivity index (χ2n) is 4.40. The highest BCUT2D eigenvalue weighted by Gasteiger charge is 2.22. The number of carboxylic acid groups (broad SMARTS) is 1. The van der Waals surface area contributed by atoms with Crippen LogP contribution in [-0.2, 0) is 6.54 Å². The first-order valence-corrected chi connectivity index (χ1v) is 5.89. The van der Waals surface area contributed by atoms with E-state index in [9.17, 15) is 4.79 Å². The van der Waals surface area contributed by atoms with Gasteiger partial charge in [0.1, 0.15) is 6.33 Å². The summed E-state index contributed by atoms with van der Waals surface area (Å²) in [5.41, 5.74) is 2.27. The van der Waals surface area contributed by atoms with Crippen LogP contribution in [0.15, 0.2) is 24.5 Å². The van der Waals surface area contributed by atoms with E-state index in [1.165, 1.54) is 0 Å². The Hall–Kier alpha value is -2.57. The van der Waals surface area contributed by atoms with Crippen LogP contribution >= 0.6 is 0 Å². The SMILES string of the molecule is CN1CCn2cnnc2-c2cccc(NC(=O)O)c21. The van der Waals surface area contributed by atoms with Crippen LogP contribution in [0.1, 0.15) is 0 Å².